The van der Waals surface area contributed by atoms with Crippen molar-refractivity contribution in [3.05, 3.63) is 47.7 Å². The van der Waals surface area contributed by atoms with Gasteiger partial charge in [-0.15, -0.1) is 0 Å². The lowest BCUT2D eigenvalue weighted by molar-refractivity contribution is 0.192. The summed E-state index contributed by atoms with van der Waals surface area (Å²) in [6, 6.07) is 12.5. The lowest BCUT2D eigenvalue weighted by Crippen LogP contribution is -2.14. The monoisotopic (exact) mass is 273 g/mol. The molecular formula is C17H23NO2. The molecule has 3 heteroatoms. The van der Waals surface area contributed by atoms with E-state index in [0.717, 1.165) is 49.6 Å². The number of hydrogen-bond acceptors (Lipinski definition) is 3. The van der Waals surface area contributed by atoms with Gasteiger partial charge < -0.3 is 14.5 Å². The van der Waals surface area contributed by atoms with Crippen LogP contribution in [0.1, 0.15) is 24.2 Å². The first-order valence-electron chi connectivity index (χ1n) is 7.15. The van der Waals surface area contributed by atoms with Crippen molar-refractivity contribution in [1.82, 2.24) is 5.32 Å². The molecule has 0 radical (unpaired) electrons. The highest BCUT2D eigenvalue weighted by atomic mass is 16.5. The molecule has 0 bridgehead atoms. The van der Waals surface area contributed by atoms with Crippen LogP contribution in [0.3, 0.4) is 0 Å². The van der Waals surface area contributed by atoms with Crippen LogP contribution in [-0.4, -0.2) is 20.3 Å². The first-order chi connectivity index (χ1) is 9.79. The standard InChI is InChI=1S/C17H23NO2/c1-14-5-7-15(8-6-14)17-10-9-16(20-17)13-18-11-3-4-12-19-2/h5-10,18H,3-4,11-13H2,1-2H3. The van der Waals surface area contributed by atoms with Crippen molar-refractivity contribution in [3.8, 4) is 11.3 Å². The largest absolute Gasteiger partial charge is 0.460 e. The van der Waals surface area contributed by atoms with Gasteiger partial charge >= 0.3 is 0 Å². The van der Waals surface area contributed by atoms with Gasteiger partial charge in [0.15, 0.2) is 0 Å². The molecule has 0 aliphatic rings. The van der Waals surface area contributed by atoms with E-state index in [0.29, 0.717) is 0 Å². The van der Waals surface area contributed by atoms with Crippen molar-refractivity contribution in [2.45, 2.75) is 26.3 Å². The molecule has 3 nitrogen and oxygen atoms in total. The molecule has 0 saturated heterocycles. The summed E-state index contributed by atoms with van der Waals surface area (Å²) in [5.41, 5.74) is 2.39. The molecule has 0 atom stereocenters. The van der Waals surface area contributed by atoms with E-state index >= 15 is 0 Å². The Labute approximate surface area is 121 Å². The van der Waals surface area contributed by atoms with Crippen LogP contribution >= 0.6 is 0 Å². The van der Waals surface area contributed by atoms with Crippen LogP contribution in [0.25, 0.3) is 11.3 Å². The highest BCUT2D eigenvalue weighted by Crippen LogP contribution is 2.22. The van der Waals surface area contributed by atoms with Crippen LogP contribution in [-0.2, 0) is 11.3 Å². The topological polar surface area (TPSA) is 34.4 Å². The van der Waals surface area contributed by atoms with Gasteiger partial charge in [0.05, 0.1) is 6.54 Å². The average Bonchev–Trinajstić information content (AvgIpc) is 2.92. The SMILES string of the molecule is COCCCCNCc1ccc(-c2ccc(C)cc2)o1. The summed E-state index contributed by atoms with van der Waals surface area (Å²) in [5.74, 6) is 1.91. The minimum atomic E-state index is 0.777. The molecule has 1 aromatic carbocycles. The first kappa shape index (κ1) is 14.8. The number of rotatable bonds is 8. The summed E-state index contributed by atoms with van der Waals surface area (Å²) in [6.45, 7) is 4.69. The second kappa shape index (κ2) is 7.88. The molecule has 0 amide bonds. The maximum atomic E-state index is 5.85. The van der Waals surface area contributed by atoms with Gasteiger partial charge in [-0.2, -0.15) is 0 Å². The van der Waals surface area contributed by atoms with Crippen LogP contribution in [0.4, 0.5) is 0 Å². The fraction of sp³-hybridized carbons (Fsp3) is 0.412. The molecule has 0 aliphatic heterocycles. The molecule has 2 rings (SSSR count). The zero-order valence-electron chi connectivity index (χ0n) is 12.3. The highest BCUT2D eigenvalue weighted by molar-refractivity contribution is 5.57. The number of aryl methyl sites for hydroxylation is 1. The Kier molecular flexibility index (Phi) is 5.84. The molecule has 1 aromatic heterocycles. The van der Waals surface area contributed by atoms with Crippen molar-refractivity contribution < 1.29 is 9.15 Å². The number of ether oxygens (including phenoxy) is 1. The Balaban J connectivity index is 1.79. The van der Waals surface area contributed by atoms with Crippen LogP contribution < -0.4 is 5.32 Å². The number of hydrogen-bond donors (Lipinski definition) is 1. The second-order valence-electron chi connectivity index (χ2n) is 5.01. The predicted molar refractivity (Wildman–Crippen MR) is 81.7 cm³/mol. The van der Waals surface area contributed by atoms with E-state index in [1.165, 1.54) is 5.56 Å². The van der Waals surface area contributed by atoms with E-state index in [1.54, 1.807) is 7.11 Å². The van der Waals surface area contributed by atoms with Gasteiger partial charge in [-0.3, -0.25) is 0 Å². The highest BCUT2D eigenvalue weighted by Gasteiger charge is 2.04. The Bertz CT molecular complexity index is 502. The van der Waals surface area contributed by atoms with E-state index in [1.807, 2.05) is 12.1 Å². The second-order valence-corrected chi connectivity index (χ2v) is 5.01. The van der Waals surface area contributed by atoms with Gasteiger partial charge in [0.25, 0.3) is 0 Å². The third-order valence-electron chi connectivity index (χ3n) is 3.25. The number of methoxy groups -OCH3 is 1. The maximum absolute atomic E-state index is 5.85. The van der Waals surface area contributed by atoms with Crippen LogP contribution in [0.15, 0.2) is 40.8 Å². The molecular weight excluding hydrogens is 250 g/mol. The third kappa shape index (κ3) is 4.51. The summed E-state index contributed by atoms with van der Waals surface area (Å²) < 4.78 is 10.9. The van der Waals surface area contributed by atoms with Gasteiger partial charge in [-0.1, -0.05) is 29.8 Å². The predicted octanol–water partition coefficient (Wildman–Crippen LogP) is 3.77. The first-order valence-corrected chi connectivity index (χ1v) is 7.15. The number of benzene rings is 1. The molecule has 0 aliphatic carbocycles. The molecule has 0 saturated carbocycles. The zero-order chi connectivity index (χ0) is 14.2. The van der Waals surface area contributed by atoms with Crippen LogP contribution in [0.5, 0.6) is 0 Å². The van der Waals surface area contributed by atoms with Gasteiger partial charge in [0.1, 0.15) is 11.5 Å². The average molecular weight is 273 g/mol. The Morgan fingerprint density at radius 3 is 2.60 bits per heavy atom. The molecule has 0 unspecified atom stereocenters. The molecule has 1 heterocycles. The van der Waals surface area contributed by atoms with E-state index in [-0.39, 0.29) is 0 Å². The van der Waals surface area contributed by atoms with Gasteiger partial charge in [-0.25, -0.2) is 0 Å². The minimum Gasteiger partial charge on any atom is -0.460 e. The van der Waals surface area contributed by atoms with Crippen LogP contribution in [0, 0.1) is 6.92 Å². The number of nitrogens with one attached hydrogen (secondary N) is 1. The summed E-state index contributed by atoms with van der Waals surface area (Å²) in [6.07, 6.45) is 2.22. The van der Waals surface area contributed by atoms with E-state index in [9.17, 15) is 0 Å². The molecule has 0 fully saturated rings. The summed E-state index contributed by atoms with van der Waals surface area (Å²) in [4.78, 5) is 0. The lowest BCUT2D eigenvalue weighted by atomic mass is 10.1. The summed E-state index contributed by atoms with van der Waals surface area (Å²) >= 11 is 0. The van der Waals surface area contributed by atoms with Crippen molar-refractivity contribution in [2.24, 2.45) is 0 Å². The molecule has 2 aromatic rings. The van der Waals surface area contributed by atoms with Crippen molar-refractivity contribution >= 4 is 0 Å². The third-order valence-corrected chi connectivity index (χ3v) is 3.25. The molecule has 108 valence electrons. The smallest absolute Gasteiger partial charge is 0.134 e. The quantitative estimate of drug-likeness (QED) is 0.743. The molecule has 20 heavy (non-hydrogen) atoms. The number of furan rings is 1. The fourth-order valence-electron chi connectivity index (χ4n) is 2.05. The van der Waals surface area contributed by atoms with E-state index in [2.05, 4.69) is 36.5 Å². The fourth-order valence-corrected chi connectivity index (χ4v) is 2.05. The summed E-state index contributed by atoms with van der Waals surface area (Å²) in [5, 5.41) is 3.39. The van der Waals surface area contributed by atoms with Gasteiger partial charge in [-0.05, 0) is 38.4 Å². The molecule has 1 N–H and O–H groups in total. The lowest BCUT2D eigenvalue weighted by Gasteiger charge is -2.02. The van der Waals surface area contributed by atoms with Gasteiger partial charge in [0.2, 0.25) is 0 Å². The Morgan fingerprint density at radius 1 is 1.05 bits per heavy atom. The number of unbranched alkanes of at least 4 members (excludes halogenated alkanes) is 1. The molecule has 0 spiro atoms. The van der Waals surface area contributed by atoms with E-state index in [4.69, 9.17) is 9.15 Å². The van der Waals surface area contributed by atoms with Gasteiger partial charge in [0, 0.05) is 19.3 Å². The normalized spacial score (nSPS) is 10.9. The van der Waals surface area contributed by atoms with E-state index < -0.39 is 0 Å². The Morgan fingerprint density at radius 2 is 1.85 bits per heavy atom. The van der Waals surface area contributed by atoms with Crippen LogP contribution in [0.2, 0.25) is 0 Å². The van der Waals surface area contributed by atoms with Crippen molar-refractivity contribution in [3.63, 3.8) is 0 Å². The maximum Gasteiger partial charge on any atom is 0.134 e. The van der Waals surface area contributed by atoms with Crippen molar-refractivity contribution in [2.75, 3.05) is 20.3 Å². The van der Waals surface area contributed by atoms with Crippen molar-refractivity contribution in [1.29, 1.82) is 0 Å². The zero-order valence-corrected chi connectivity index (χ0v) is 12.3. The summed E-state index contributed by atoms with van der Waals surface area (Å²) in [7, 11) is 1.74. The Hall–Kier alpha value is -1.58. The minimum absolute atomic E-state index is 0.777.